The van der Waals surface area contributed by atoms with Gasteiger partial charge in [-0.05, 0) is 42.3 Å². The highest BCUT2D eigenvalue weighted by atomic mass is 35.5. The summed E-state index contributed by atoms with van der Waals surface area (Å²) < 4.78 is 5.81. The lowest BCUT2D eigenvalue weighted by Gasteiger charge is -1.98. The summed E-state index contributed by atoms with van der Waals surface area (Å²) >= 11 is 6.02. The molecule has 0 spiro atoms. The van der Waals surface area contributed by atoms with Crippen LogP contribution in [0.3, 0.4) is 0 Å². The quantitative estimate of drug-likeness (QED) is 0.769. The molecule has 0 unspecified atom stereocenters. The average Bonchev–Trinajstić information content (AvgIpc) is 2.83. The monoisotopic (exact) mass is 272 g/mol. The molecule has 1 heterocycles. The fraction of sp³-hybridized carbons (Fsp3) is 0.133. The second-order valence-corrected chi connectivity index (χ2v) is 4.93. The Bertz CT molecular complexity index is 732. The highest BCUT2D eigenvalue weighted by molar-refractivity contribution is 6.31. The van der Waals surface area contributed by atoms with Crippen molar-refractivity contribution >= 4 is 22.7 Å². The molecule has 2 aromatic carbocycles. The van der Waals surface area contributed by atoms with Crippen molar-refractivity contribution in [3.05, 3.63) is 52.5 Å². The molecule has 0 bridgehead atoms. The third kappa shape index (κ3) is 2.23. The lowest BCUT2D eigenvalue weighted by molar-refractivity contribution is 0.617. The number of aromatic nitrogens is 1. The van der Waals surface area contributed by atoms with Crippen LogP contribution in [0.5, 0.6) is 0 Å². The molecular weight excluding hydrogens is 260 g/mol. The van der Waals surface area contributed by atoms with E-state index in [1.54, 1.807) is 0 Å². The van der Waals surface area contributed by atoms with Crippen molar-refractivity contribution in [1.82, 2.24) is 4.98 Å². The van der Waals surface area contributed by atoms with E-state index in [1.807, 2.05) is 43.3 Å². The zero-order valence-electron chi connectivity index (χ0n) is 10.5. The van der Waals surface area contributed by atoms with Gasteiger partial charge in [0.05, 0.1) is 0 Å². The van der Waals surface area contributed by atoms with Crippen molar-refractivity contribution in [2.45, 2.75) is 13.5 Å². The number of nitrogens with two attached hydrogens (primary N) is 1. The highest BCUT2D eigenvalue weighted by Gasteiger charge is 2.10. The molecule has 3 aromatic rings. The summed E-state index contributed by atoms with van der Waals surface area (Å²) in [6, 6.07) is 11.6. The first-order valence-corrected chi connectivity index (χ1v) is 6.41. The van der Waals surface area contributed by atoms with Gasteiger partial charge in [0.2, 0.25) is 5.89 Å². The first kappa shape index (κ1) is 12.2. The van der Waals surface area contributed by atoms with Crippen LogP contribution >= 0.6 is 11.6 Å². The molecule has 0 saturated heterocycles. The van der Waals surface area contributed by atoms with E-state index in [-0.39, 0.29) is 0 Å². The third-order valence-electron chi connectivity index (χ3n) is 3.08. The van der Waals surface area contributed by atoms with Crippen molar-refractivity contribution in [1.29, 1.82) is 0 Å². The number of rotatable bonds is 2. The Morgan fingerprint density at radius 2 is 1.95 bits per heavy atom. The Kier molecular flexibility index (Phi) is 3.01. The molecule has 0 amide bonds. The van der Waals surface area contributed by atoms with E-state index in [4.69, 9.17) is 21.8 Å². The number of fused-ring (bicyclic) bond motifs is 1. The molecule has 0 aliphatic heterocycles. The van der Waals surface area contributed by atoms with Crippen LogP contribution in [0.4, 0.5) is 0 Å². The molecule has 2 N–H and O–H groups in total. The second kappa shape index (κ2) is 4.68. The summed E-state index contributed by atoms with van der Waals surface area (Å²) in [5.41, 5.74) is 10.1. The predicted molar refractivity (Wildman–Crippen MR) is 77.1 cm³/mol. The molecular formula is C15H13ClN2O. The average molecular weight is 273 g/mol. The molecule has 0 fully saturated rings. The van der Waals surface area contributed by atoms with Crippen LogP contribution in [0, 0.1) is 6.92 Å². The van der Waals surface area contributed by atoms with Crippen molar-refractivity contribution in [3.63, 3.8) is 0 Å². The minimum absolute atomic E-state index is 0.530. The molecule has 0 aliphatic carbocycles. The van der Waals surface area contributed by atoms with Crippen LogP contribution < -0.4 is 5.73 Å². The minimum Gasteiger partial charge on any atom is -0.436 e. The molecule has 0 saturated carbocycles. The van der Waals surface area contributed by atoms with Gasteiger partial charge in [0.25, 0.3) is 0 Å². The van der Waals surface area contributed by atoms with Crippen LogP contribution in [0.25, 0.3) is 22.6 Å². The van der Waals surface area contributed by atoms with Gasteiger partial charge in [0.15, 0.2) is 5.58 Å². The van der Waals surface area contributed by atoms with Crippen LogP contribution in [0.1, 0.15) is 11.1 Å². The largest absolute Gasteiger partial charge is 0.436 e. The van der Waals surface area contributed by atoms with Crippen molar-refractivity contribution in [2.75, 3.05) is 0 Å². The summed E-state index contributed by atoms with van der Waals surface area (Å²) in [7, 11) is 0. The number of hydrogen-bond acceptors (Lipinski definition) is 3. The lowest BCUT2D eigenvalue weighted by atomic mass is 10.1. The van der Waals surface area contributed by atoms with Gasteiger partial charge in [-0.25, -0.2) is 4.98 Å². The maximum Gasteiger partial charge on any atom is 0.227 e. The Balaban J connectivity index is 2.12. The molecule has 19 heavy (non-hydrogen) atoms. The number of nitrogens with zero attached hydrogens (tertiary/aromatic N) is 1. The molecule has 0 aliphatic rings. The second-order valence-electron chi connectivity index (χ2n) is 4.49. The molecule has 96 valence electrons. The molecule has 1 aromatic heterocycles. The van der Waals surface area contributed by atoms with Gasteiger partial charge in [-0.1, -0.05) is 23.7 Å². The summed E-state index contributed by atoms with van der Waals surface area (Å²) in [6.45, 7) is 2.49. The van der Waals surface area contributed by atoms with Crippen molar-refractivity contribution in [2.24, 2.45) is 5.73 Å². The number of oxazole rings is 1. The molecule has 3 nitrogen and oxygen atoms in total. The number of aryl methyl sites for hydroxylation is 1. The summed E-state index contributed by atoms with van der Waals surface area (Å²) in [5.74, 6) is 0.601. The molecule has 3 rings (SSSR count). The Morgan fingerprint density at radius 3 is 2.63 bits per heavy atom. The van der Waals surface area contributed by atoms with E-state index in [0.717, 1.165) is 27.8 Å². The minimum atomic E-state index is 0.530. The Morgan fingerprint density at radius 1 is 1.21 bits per heavy atom. The van der Waals surface area contributed by atoms with Gasteiger partial charge in [-0.15, -0.1) is 0 Å². The maximum absolute atomic E-state index is 6.02. The first-order valence-electron chi connectivity index (χ1n) is 6.03. The van der Waals surface area contributed by atoms with Gasteiger partial charge >= 0.3 is 0 Å². The van der Waals surface area contributed by atoms with E-state index in [9.17, 15) is 0 Å². The number of halogens is 1. The summed E-state index contributed by atoms with van der Waals surface area (Å²) in [4.78, 5) is 4.48. The molecule has 0 radical (unpaired) electrons. The Hall–Kier alpha value is -1.84. The fourth-order valence-corrected chi connectivity index (χ4v) is 2.33. The van der Waals surface area contributed by atoms with Crippen LogP contribution in [0.2, 0.25) is 5.02 Å². The van der Waals surface area contributed by atoms with Crippen LogP contribution in [-0.2, 0) is 6.54 Å². The van der Waals surface area contributed by atoms with Gasteiger partial charge in [-0.2, -0.15) is 0 Å². The van der Waals surface area contributed by atoms with E-state index in [0.29, 0.717) is 17.5 Å². The lowest BCUT2D eigenvalue weighted by Crippen LogP contribution is -1.95. The van der Waals surface area contributed by atoms with Gasteiger partial charge in [0.1, 0.15) is 5.52 Å². The van der Waals surface area contributed by atoms with Gasteiger partial charge < -0.3 is 10.2 Å². The summed E-state index contributed by atoms with van der Waals surface area (Å²) in [6.07, 6.45) is 0. The zero-order valence-corrected chi connectivity index (χ0v) is 11.2. The van der Waals surface area contributed by atoms with E-state index >= 15 is 0 Å². The van der Waals surface area contributed by atoms with E-state index in [1.165, 1.54) is 0 Å². The SMILES string of the molecule is Cc1cc(Cl)cc2nc(-c3ccc(CN)cc3)oc12. The smallest absolute Gasteiger partial charge is 0.227 e. The highest BCUT2D eigenvalue weighted by Crippen LogP contribution is 2.28. The third-order valence-corrected chi connectivity index (χ3v) is 3.30. The number of benzene rings is 2. The van der Waals surface area contributed by atoms with Crippen molar-refractivity contribution < 1.29 is 4.42 Å². The maximum atomic E-state index is 6.02. The molecule has 0 atom stereocenters. The van der Waals surface area contributed by atoms with Gasteiger partial charge in [0, 0.05) is 17.1 Å². The molecule has 4 heteroatoms. The summed E-state index contributed by atoms with van der Waals surface area (Å²) in [5, 5.41) is 0.670. The van der Waals surface area contributed by atoms with E-state index < -0.39 is 0 Å². The predicted octanol–water partition coefficient (Wildman–Crippen LogP) is 3.92. The van der Waals surface area contributed by atoms with Gasteiger partial charge in [-0.3, -0.25) is 0 Å². The van der Waals surface area contributed by atoms with Crippen molar-refractivity contribution in [3.8, 4) is 11.5 Å². The normalized spacial score (nSPS) is 11.1. The van der Waals surface area contributed by atoms with E-state index in [2.05, 4.69) is 4.98 Å². The number of hydrogen-bond donors (Lipinski definition) is 1. The fourth-order valence-electron chi connectivity index (χ4n) is 2.06. The van der Waals surface area contributed by atoms with Crippen LogP contribution in [0.15, 0.2) is 40.8 Å². The Labute approximate surface area is 116 Å². The van der Waals surface area contributed by atoms with Crippen LogP contribution in [-0.4, -0.2) is 4.98 Å². The standard InChI is InChI=1S/C15H13ClN2O/c1-9-6-12(16)7-13-14(9)19-15(18-13)11-4-2-10(8-17)3-5-11/h2-7H,8,17H2,1H3. The zero-order chi connectivity index (χ0) is 13.4. The topological polar surface area (TPSA) is 52.0 Å². The first-order chi connectivity index (χ1) is 9.17.